The lowest BCUT2D eigenvalue weighted by atomic mass is 9.51. The first-order valence-electron chi connectivity index (χ1n) is 9.41. The zero-order valence-corrected chi connectivity index (χ0v) is 14.2. The van der Waals surface area contributed by atoms with E-state index in [0.29, 0.717) is 5.41 Å². The van der Waals surface area contributed by atoms with Crippen molar-refractivity contribution in [2.45, 2.75) is 79.1 Å². The quantitative estimate of drug-likeness (QED) is 0.489. The van der Waals surface area contributed by atoms with E-state index in [1.165, 1.54) is 57.8 Å². The molecule has 0 amide bonds. The van der Waals surface area contributed by atoms with Gasteiger partial charge in [0.15, 0.2) is 0 Å². The van der Waals surface area contributed by atoms with Crippen LogP contribution in [0.25, 0.3) is 0 Å². The first-order valence-corrected chi connectivity index (χ1v) is 9.41. The van der Waals surface area contributed by atoms with Crippen molar-refractivity contribution >= 4 is 0 Å². The minimum absolute atomic E-state index is 0. The first kappa shape index (κ1) is 17.8. The molecule has 0 heterocycles. The smallest absolute Gasteiger partial charge is 0.00879 e. The van der Waals surface area contributed by atoms with E-state index in [1.54, 1.807) is 5.57 Å². The van der Waals surface area contributed by atoms with Gasteiger partial charge in [0, 0.05) is 0 Å². The topological polar surface area (TPSA) is 0 Å². The van der Waals surface area contributed by atoms with Crippen molar-refractivity contribution in [1.29, 1.82) is 0 Å². The van der Waals surface area contributed by atoms with Gasteiger partial charge in [-0.25, -0.2) is 0 Å². The summed E-state index contributed by atoms with van der Waals surface area (Å²) in [6.07, 6.45) is 14.8. The zero-order valence-electron chi connectivity index (χ0n) is 14.2. The van der Waals surface area contributed by atoms with Gasteiger partial charge in [0.25, 0.3) is 0 Å². The van der Waals surface area contributed by atoms with Gasteiger partial charge in [-0.05, 0) is 80.0 Å². The maximum atomic E-state index is 4.43. The van der Waals surface area contributed by atoms with Crippen molar-refractivity contribution in [3.63, 3.8) is 0 Å². The van der Waals surface area contributed by atoms with Gasteiger partial charge in [0.2, 0.25) is 0 Å². The van der Waals surface area contributed by atoms with Gasteiger partial charge in [-0.2, -0.15) is 0 Å². The van der Waals surface area contributed by atoms with Crippen LogP contribution in [0.1, 0.15) is 79.1 Å². The van der Waals surface area contributed by atoms with Crippen molar-refractivity contribution in [2.75, 3.05) is 0 Å². The molecule has 0 spiro atoms. The molecule has 3 rings (SSSR count). The van der Waals surface area contributed by atoms with Gasteiger partial charge in [-0.15, -0.1) is 6.58 Å². The maximum Gasteiger partial charge on any atom is -0.00879 e. The van der Waals surface area contributed by atoms with E-state index in [2.05, 4.69) is 33.1 Å². The lowest BCUT2D eigenvalue weighted by Gasteiger charge is -2.54. The predicted octanol–water partition coefficient (Wildman–Crippen LogP) is 7.02. The fraction of sp³-hybridized carbons (Fsp3) is 0.818. The minimum atomic E-state index is 0. The molecule has 0 aromatic rings. The normalized spacial score (nSPS) is 43.9. The fourth-order valence-electron chi connectivity index (χ4n) is 6.43. The second-order valence-electron chi connectivity index (χ2n) is 8.35. The Morgan fingerprint density at radius 1 is 1.18 bits per heavy atom. The zero-order chi connectivity index (χ0) is 15.0. The lowest BCUT2D eigenvalue weighted by molar-refractivity contribution is -0.0290. The highest BCUT2D eigenvalue weighted by Crippen LogP contribution is 2.63. The van der Waals surface area contributed by atoms with E-state index in [0.717, 1.165) is 29.6 Å². The summed E-state index contributed by atoms with van der Waals surface area (Å²) < 4.78 is 0. The van der Waals surface area contributed by atoms with Crippen molar-refractivity contribution in [2.24, 2.45) is 35.0 Å². The van der Waals surface area contributed by atoms with E-state index < -0.39 is 0 Å². The Kier molecular flexibility index (Phi) is 5.62. The van der Waals surface area contributed by atoms with Gasteiger partial charge < -0.3 is 0 Å². The average Bonchev–Trinajstić information content (AvgIpc) is 2.78. The Hall–Kier alpha value is -0.520. The lowest BCUT2D eigenvalue weighted by Crippen LogP contribution is -2.46. The molecule has 0 radical (unpaired) electrons. The number of fused-ring (bicyclic) bond motifs is 3. The molecule has 3 aliphatic carbocycles. The van der Waals surface area contributed by atoms with E-state index in [1.807, 2.05) is 0 Å². The average molecular weight is 303 g/mol. The van der Waals surface area contributed by atoms with Crippen LogP contribution in [0.5, 0.6) is 0 Å². The van der Waals surface area contributed by atoms with Crippen molar-refractivity contribution < 1.29 is 0 Å². The van der Waals surface area contributed by atoms with Crippen LogP contribution < -0.4 is 0 Å². The fourth-order valence-corrected chi connectivity index (χ4v) is 6.43. The summed E-state index contributed by atoms with van der Waals surface area (Å²) in [6, 6.07) is 0. The highest BCUT2D eigenvalue weighted by molar-refractivity contribution is 5.20. The van der Waals surface area contributed by atoms with Gasteiger partial charge in [-0.3, -0.25) is 0 Å². The molecule has 6 atom stereocenters. The molecular weight excluding hydrogens is 264 g/mol. The molecule has 0 heteroatoms. The van der Waals surface area contributed by atoms with E-state index >= 15 is 0 Å². The van der Waals surface area contributed by atoms with E-state index in [4.69, 9.17) is 0 Å². The summed E-state index contributed by atoms with van der Waals surface area (Å²) in [4.78, 5) is 0. The third-order valence-electron chi connectivity index (χ3n) is 7.56. The van der Waals surface area contributed by atoms with Crippen molar-refractivity contribution in [1.82, 2.24) is 0 Å². The monoisotopic (exact) mass is 302 g/mol. The summed E-state index contributed by atoms with van der Waals surface area (Å²) in [5, 5.41) is 0. The third kappa shape index (κ3) is 2.72. The molecule has 3 fully saturated rings. The Balaban J connectivity index is 0.00000176. The molecule has 0 aromatic carbocycles. The van der Waals surface area contributed by atoms with Crippen molar-refractivity contribution in [3.05, 3.63) is 24.8 Å². The molecule has 3 aliphatic rings. The van der Waals surface area contributed by atoms with E-state index in [-0.39, 0.29) is 7.43 Å². The van der Waals surface area contributed by atoms with Crippen LogP contribution in [0.15, 0.2) is 24.8 Å². The largest absolute Gasteiger partial charge is 0.103 e. The number of hydrogen-bond acceptors (Lipinski definition) is 0. The molecule has 22 heavy (non-hydrogen) atoms. The SMILES string of the molecule is C.C=CCC1CCC2C(CCC3(C)C(=C)CCC23)C1CCC. The minimum Gasteiger partial charge on any atom is -0.103 e. The standard InChI is InChI=1S/C21H34.CH4/c1-5-7-16-10-11-19-18(17(16)8-6-2)13-14-21(4)15(3)9-12-20(19)21;/h5,16-20H,1,3,6-14H2,2,4H3;1H4. The second-order valence-corrected chi connectivity index (χ2v) is 8.35. The van der Waals surface area contributed by atoms with Crippen LogP contribution >= 0.6 is 0 Å². The summed E-state index contributed by atoms with van der Waals surface area (Å²) in [6.45, 7) is 13.4. The summed E-state index contributed by atoms with van der Waals surface area (Å²) >= 11 is 0. The number of rotatable bonds is 4. The van der Waals surface area contributed by atoms with Crippen LogP contribution in [-0.4, -0.2) is 0 Å². The molecule has 0 N–H and O–H groups in total. The van der Waals surface area contributed by atoms with Gasteiger partial charge >= 0.3 is 0 Å². The maximum absolute atomic E-state index is 4.43. The Morgan fingerprint density at radius 2 is 1.95 bits per heavy atom. The van der Waals surface area contributed by atoms with Gasteiger partial charge in [-0.1, -0.05) is 52.3 Å². The van der Waals surface area contributed by atoms with Crippen LogP contribution in [0.4, 0.5) is 0 Å². The predicted molar refractivity (Wildman–Crippen MR) is 98.9 cm³/mol. The molecule has 0 bridgehead atoms. The van der Waals surface area contributed by atoms with Crippen LogP contribution in [0, 0.1) is 35.0 Å². The Bertz CT molecular complexity index is 406. The van der Waals surface area contributed by atoms with Crippen LogP contribution in [0.2, 0.25) is 0 Å². The summed E-state index contributed by atoms with van der Waals surface area (Å²) in [5.74, 6) is 4.86. The second kappa shape index (κ2) is 6.93. The summed E-state index contributed by atoms with van der Waals surface area (Å²) in [5.41, 5.74) is 2.06. The van der Waals surface area contributed by atoms with Crippen LogP contribution in [-0.2, 0) is 0 Å². The molecule has 126 valence electrons. The van der Waals surface area contributed by atoms with Crippen molar-refractivity contribution in [3.8, 4) is 0 Å². The van der Waals surface area contributed by atoms with Gasteiger partial charge in [0.05, 0.1) is 0 Å². The first-order chi connectivity index (χ1) is 10.1. The third-order valence-corrected chi connectivity index (χ3v) is 7.56. The molecule has 0 nitrogen and oxygen atoms in total. The molecule has 0 saturated heterocycles. The molecule has 0 aliphatic heterocycles. The highest BCUT2D eigenvalue weighted by atomic mass is 14.6. The number of hydrogen-bond donors (Lipinski definition) is 0. The Labute approximate surface area is 139 Å². The van der Waals surface area contributed by atoms with E-state index in [9.17, 15) is 0 Å². The molecular formula is C22H38. The number of allylic oxidation sites excluding steroid dienone is 2. The highest BCUT2D eigenvalue weighted by Gasteiger charge is 2.53. The Morgan fingerprint density at radius 3 is 2.64 bits per heavy atom. The van der Waals surface area contributed by atoms with Gasteiger partial charge in [0.1, 0.15) is 0 Å². The van der Waals surface area contributed by atoms with Crippen LogP contribution in [0.3, 0.4) is 0 Å². The summed E-state index contributed by atoms with van der Waals surface area (Å²) in [7, 11) is 0. The molecule has 3 saturated carbocycles. The molecule has 0 aromatic heterocycles. The molecule has 6 unspecified atom stereocenters.